The number of benzene rings is 1. The first kappa shape index (κ1) is 17.2. The largest absolute Gasteiger partial charge is 0.346 e. The van der Waals surface area contributed by atoms with Crippen molar-refractivity contribution in [3.8, 4) is 0 Å². The lowest BCUT2D eigenvalue weighted by atomic mass is 10.1. The van der Waals surface area contributed by atoms with Crippen molar-refractivity contribution in [2.75, 3.05) is 0 Å². The van der Waals surface area contributed by atoms with Gasteiger partial charge in [0.25, 0.3) is 0 Å². The molecule has 0 N–H and O–H groups in total. The van der Waals surface area contributed by atoms with Gasteiger partial charge in [-0.15, -0.1) is 0 Å². The second kappa shape index (κ2) is 6.52. The Bertz CT molecular complexity index is 746. The van der Waals surface area contributed by atoms with Crippen LogP contribution in [0.1, 0.15) is 55.9 Å². The molecule has 0 saturated carbocycles. The molecule has 2 rings (SSSR count). The van der Waals surface area contributed by atoms with Crippen LogP contribution in [0.25, 0.3) is 0 Å². The molecule has 124 valence electrons. The van der Waals surface area contributed by atoms with Crippen LogP contribution in [0.15, 0.2) is 29.1 Å². The topological polar surface area (TPSA) is 56.9 Å². The highest BCUT2D eigenvalue weighted by Gasteiger charge is 2.22. The van der Waals surface area contributed by atoms with E-state index in [-0.39, 0.29) is 18.0 Å². The minimum atomic E-state index is -0.405. The number of carbonyl (C=O) groups is 1. The van der Waals surface area contributed by atoms with Gasteiger partial charge in [-0.2, -0.15) is 5.10 Å². The van der Waals surface area contributed by atoms with Gasteiger partial charge in [0.05, 0.1) is 12.1 Å². The summed E-state index contributed by atoms with van der Waals surface area (Å²) >= 11 is 0. The summed E-state index contributed by atoms with van der Waals surface area (Å²) < 4.78 is 2.87. The van der Waals surface area contributed by atoms with E-state index in [9.17, 15) is 9.59 Å². The summed E-state index contributed by atoms with van der Waals surface area (Å²) in [5, 5.41) is 4.28. The third-order valence-corrected chi connectivity index (χ3v) is 3.80. The Morgan fingerprint density at radius 1 is 1.17 bits per heavy atom. The quantitative estimate of drug-likeness (QED) is 0.797. The molecular weight excluding hydrogens is 290 g/mol. The maximum absolute atomic E-state index is 12.5. The number of hydrogen-bond acceptors (Lipinski definition) is 3. The Hall–Kier alpha value is -2.17. The van der Waals surface area contributed by atoms with Crippen molar-refractivity contribution in [2.45, 2.75) is 59.5 Å². The lowest BCUT2D eigenvalue weighted by molar-refractivity contribution is 0.0969. The minimum absolute atomic E-state index is 0.0217. The number of rotatable bonds is 5. The molecule has 0 atom stereocenters. The van der Waals surface area contributed by atoms with E-state index in [1.165, 1.54) is 14.8 Å². The van der Waals surface area contributed by atoms with Crippen LogP contribution < -0.4 is 5.69 Å². The van der Waals surface area contributed by atoms with Gasteiger partial charge in [-0.3, -0.25) is 9.36 Å². The molecule has 0 amide bonds. The summed E-state index contributed by atoms with van der Waals surface area (Å²) in [6, 6.07) is 7.62. The van der Waals surface area contributed by atoms with Crippen LogP contribution in [0.2, 0.25) is 0 Å². The molecule has 23 heavy (non-hydrogen) atoms. The van der Waals surface area contributed by atoms with Crippen molar-refractivity contribution < 1.29 is 4.79 Å². The number of ketones is 1. The molecule has 0 saturated heterocycles. The van der Waals surface area contributed by atoms with Crippen LogP contribution in [0, 0.1) is 6.92 Å². The van der Waals surface area contributed by atoms with Crippen molar-refractivity contribution in [2.24, 2.45) is 0 Å². The molecule has 1 heterocycles. The Morgan fingerprint density at radius 3 is 2.26 bits per heavy atom. The van der Waals surface area contributed by atoms with Crippen LogP contribution in [0.3, 0.4) is 0 Å². The summed E-state index contributed by atoms with van der Waals surface area (Å²) in [4.78, 5) is 24.9. The fraction of sp³-hybridized carbons (Fsp3) is 0.500. The summed E-state index contributed by atoms with van der Waals surface area (Å²) in [6.07, 6.45) is 2.08. The Morgan fingerprint density at radius 2 is 1.78 bits per heavy atom. The van der Waals surface area contributed by atoms with Crippen LogP contribution in [-0.4, -0.2) is 20.1 Å². The highest BCUT2D eigenvalue weighted by atomic mass is 16.2. The average molecular weight is 315 g/mol. The first-order chi connectivity index (χ1) is 10.7. The molecule has 0 aliphatic carbocycles. The second-order valence-electron chi connectivity index (χ2n) is 6.87. The number of carbonyl (C=O) groups excluding carboxylic acids is 1. The Balaban J connectivity index is 2.24. The summed E-state index contributed by atoms with van der Waals surface area (Å²) in [5.74, 6) is 0.479. The van der Waals surface area contributed by atoms with E-state index in [1.807, 2.05) is 45.0 Å². The average Bonchev–Trinajstić information content (AvgIpc) is 2.76. The third-order valence-electron chi connectivity index (χ3n) is 3.80. The van der Waals surface area contributed by atoms with Gasteiger partial charge in [-0.1, -0.05) is 37.6 Å². The molecule has 5 nitrogen and oxygen atoms in total. The van der Waals surface area contributed by atoms with Crippen LogP contribution in [0.4, 0.5) is 0 Å². The molecule has 0 aliphatic heterocycles. The normalized spacial score (nSPS) is 11.7. The van der Waals surface area contributed by atoms with E-state index in [1.54, 1.807) is 6.92 Å². The van der Waals surface area contributed by atoms with Gasteiger partial charge in [0.1, 0.15) is 5.82 Å². The fourth-order valence-corrected chi connectivity index (χ4v) is 2.49. The second-order valence-corrected chi connectivity index (χ2v) is 6.87. The van der Waals surface area contributed by atoms with Crippen molar-refractivity contribution in [3.63, 3.8) is 0 Å². The number of Topliss-reactive ketones (excluding diaryl/α,β-unsaturated/α-hetero) is 1. The standard InChI is InChI=1S/C18H25N3O2/c1-6-7-14-8-10-15(11-9-14)16(22)12-20-13(2)19-21(17(20)23)18(3,4)5/h8-11H,6-7,12H2,1-5H3. The highest BCUT2D eigenvalue weighted by Crippen LogP contribution is 2.11. The van der Waals surface area contributed by atoms with Gasteiger partial charge in [0.2, 0.25) is 0 Å². The predicted molar refractivity (Wildman–Crippen MR) is 91.0 cm³/mol. The molecule has 1 aromatic heterocycles. The van der Waals surface area contributed by atoms with E-state index >= 15 is 0 Å². The maximum Gasteiger partial charge on any atom is 0.346 e. The SMILES string of the molecule is CCCc1ccc(C(=O)Cn2c(C)nn(C(C)(C)C)c2=O)cc1. The zero-order valence-electron chi connectivity index (χ0n) is 14.6. The molecule has 1 aromatic carbocycles. The third kappa shape index (κ3) is 3.78. The number of aryl methyl sites for hydroxylation is 2. The Labute approximate surface area is 136 Å². The Kier molecular flexibility index (Phi) is 4.88. The summed E-state index contributed by atoms with van der Waals surface area (Å²) in [6.45, 7) is 9.65. The minimum Gasteiger partial charge on any atom is -0.292 e. The summed E-state index contributed by atoms with van der Waals surface area (Å²) in [7, 11) is 0. The lowest BCUT2D eigenvalue weighted by Crippen LogP contribution is -2.36. The van der Waals surface area contributed by atoms with Crippen molar-refractivity contribution in [1.82, 2.24) is 14.3 Å². The molecule has 0 fully saturated rings. The van der Waals surface area contributed by atoms with Crippen LogP contribution in [0.5, 0.6) is 0 Å². The van der Waals surface area contributed by atoms with Crippen molar-refractivity contribution in [1.29, 1.82) is 0 Å². The van der Waals surface area contributed by atoms with Gasteiger partial charge in [0.15, 0.2) is 5.78 Å². The van der Waals surface area contributed by atoms with Crippen molar-refractivity contribution >= 4 is 5.78 Å². The van der Waals surface area contributed by atoms with Crippen LogP contribution >= 0.6 is 0 Å². The van der Waals surface area contributed by atoms with Gasteiger partial charge >= 0.3 is 5.69 Å². The van der Waals surface area contributed by atoms with E-state index < -0.39 is 5.54 Å². The van der Waals surface area contributed by atoms with Crippen LogP contribution in [-0.2, 0) is 18.5 Å². The van der Waals surface area contributed by atoms with Gasteiger partial charge in [0, 0.05) is 5.56 Å². The maximum atomic E-state index is 12.5. The van der Waals surface area contributed by atoms with E-state index in [0.717, 1.165) is 12.8 Å². The highest BCUT2D eigenvalue weighted by molar-refractivity contribution is 5.95. The molecule has 0 spiro atoms. The molecule has 0 bridgehead atoms. The fourth-order valence-electron chi connectivity index (χ4n) is 2.49. The smallest absolute Gasteiger partial charge is 0.292 e. The molecule has 2 aromatic rings. The molecule has 0 radical (unpaired) electrons. The van der Waals surface area contributed by atoms with Gasteiger partial charge < -0.3 is 0 Å². The monoisotopic (exact) mass is 315 g/mol. The first-order valence-corrected chi connectivity index (χ1v) is 8.03. The predicted octanol–water partition coefficient (Wildman–Crippen LogP) is 2.94. The van der Waals surface area contributed by atoms with Gasteiger partial charge in [-0.25, -0.2) is 9.48 Å². The van der Waals surface area contributed by atoms with E-state index in [2.05, 4.69) is 12.0 Å². The zero-order chi connectivity index (χ0) is 17.2. The summed E-state index contributed by atoms with van der Waals surface area (Å²) in [5.41, 5.74) is 1.20. The number of hydrogen-bond donors (Lipinski definition) is 0. The lowest BCUT2D eigenvalue weighted by Gasteiger charge is -2.16. The molecule has 5 heteroatoms. The zero-order valence-corrected chi connectivity index (χ0v) is 14.6. The molecule has 0 unspecified atom stereocenters. The number of nitrogens with zero attached hydrogens (tertiary/aromatic N) is 3. The van der Waals surface area contributed by atoms with Crippen molar-refractivity contribution in [3.05, 3.63) is 51.7 Å². The van der Waals surface area contributed by atoms with E-state index in [0.29, 0.717) is 11.4 Å². The number of aromatic nitrogens is 3. The van der Waals surface area contributed by atoms with E-state index in [4.69, 9.17) is 0 Å². The molecular formula is C18H25N3O2. The first-order valence-electron chi connectivity index (χ1n) is 8.03. The van der Waals surface area contributed by atoms with Gasteiger partial charge in [-0.05, 0) is 39.7 Å². The molecule has 0 aliphatic rings.